The summed E-state index contributed by atoms with van der Waals surface area (Å²) in [5, 5.41) is 4.40. The molecular formula is C31H39BN2Si2. The molecule has 2 fully saturated rings. The van der Waals surface area contributed by atoms with Crippen molar-refractivity contribution in [2.45, 2.75) is 31.6 Å². The van der Waals surface area contributed by atoms with Crippen LogP contribution in [0.5, 0.6) is 0 Å². The van der Waals surface area contributed by atoms with Crippen LogP contribution >= 0.6 is 0 Å². The molecule has 36 heavy (non-hydrogen) atoms. The molecule has 0 bridgehead atoms. The van der Waals surface area contributed by atoms with Gasteiger partial charge in [0, 0.05) is 0 Å². The van der Waals surface area contributed by atoms with E-state index in [2.05, 4.69) is 139 Å². The molecule has 3 aromatic carbocycles. The quantitative estimate of drug-likeness (QED) is 0.370. The van der Waals surface area contributed by atoms with Crippen molar-refractivity contribution in [3.05, 3.63) is 114 Å². The van der Waals surface area contributed by atoms with E-state index in [9.17, 15) is 0 Å². The lowest BCUT2D eigenvalue weighted by molar-refractivity contribution is 0.351. The summed E-state index contributed by atoms with van der Waals surface area (Å²) in [4.78, 5) is 5.05. The third-order valence-electron chi connectivity index (χ3n) is 8.10. The van der Waals surface area contributed by atoms with Crippen LogP contribution in [0.15, 0.2) is 114 Å². The van der Waals surface area contributed by atoms with Gasteiger partial charge in [0.05, 0.1) is 8.07 Å². The lowest BCUT2D eigenvalue weighted by Gasteiger charge is -2.36. The van der Waals surface area contributed by atoms with E-state index in [0.717, 1.165) is 0 Å². The molecule has 0 radical (unpaired) electrons. The average Bonchev–Trinajstić information content (AvgIpc) is 3.19. The van der Waals surface area contributed by atoms with Gasteiger partial charge in [-0.05, 0) is 61.3 Å². The lowest BCUT2D eigenvalue weighted by atomic mass is 9.68. The predicted octanol–water partition coefficient (Wildman–Crippen LogP) is 4.57. The molecule has 0 unspecified atom stereocenters. The van der Waals surface area contributed by atoms with Gasteiger partial charge in [0.2, 0.25) is 0 Å². The smallest absolute Gasteiger partial charge is 0.327 e. The summed E-state index contributed by atoms with van der Waals surface area (Å²) >= 11 is 0. The van der Waals surface area contributed by atoms with E-state index in [1.165, 1.54) is 47.2 Å². The highest BCUT2D eigenvalue weighted by molar-refractivity contribution is 7.15. The highest BCUT2D eigenvalue weighted by Gasteiger charge is 2.41. The lowest BCUT2D eigenvalue weighted by Crippen LogP contribution is -2.66. The molecule has 0 amide bonds. The molecule has 3 aromatic rings. The summed E-state index contributed by atoms with van der Waals surface area (Å²) in [6, 6.07) is 36.5. The fraction of sp³-hybridized carbons (Fsp3) is 0.290. The van der Waals surface area contributed by atoms with Crippen LogP contribution in [0.4, 0.5) is 0 Å². The van der Waals surface area contributed by atoms with Crippen molar-refractivity contribution in [3.63, 3.8) is 0 Å². The molecule has 0 saturated carbocycles. The zero-order valence-electron chi connectivity index (χ0n) is 22.3. The summed E-state index contributed by atoms with van der Waals surface area (Å²) in [7, 11) is 0.824. The van der Waals surface area contributed by atoms with Gasteiger partial charge in [-0.2, -0.15) is 0 Å². The van der Waals surface area contributed by atoms with Gasteiger partial charge in [0.25, 0.3) is 0 Å². The van der Waals surface area contributed by atoms with E-state index >= 15 is 0 Å². The molecule has 5 rings (SSSR count). The minimum absolute atomic E-state index is 0.390. The van der Waals surface area contributed by atoms with Crippen molar-refractivity contribution < 1.29 is 0 Å². The Morgan fingerprint density at radius 2 is 1.08 bits per heavy atom. The number of allylic oxidation sites excluding steroid dienone is 2. The number of hydrogen-bond donors (Lipinski definition) is 0. The van der Waals surface area contributed by atoms with Gasteiger partial charge < -0.3 is 9.62 Å². The first kappa shape index (κ1) is 25.2. The molecule has 0 aromatic heterocycles. The second-order valence-corrected chi connectivity index (χ2v) is 20.2. The van der Waals surface area contributed by atoms with Crippen LogP contribution in [0, 0.1) is 0 Å². The third kappa shape index (κ3) is 5.03. The SMILES string of the molecule is CN1CCCN(C)B1C=C1C[Si](C)(C)CC1=C[Si](c1ccccc1)(c1ccccc1)c1ccccc1. The fourth-order valence-electron chi connectivity index (χ4n) is 6.35. The van der Waals surface area contributed by atoms with E-state index in [1.54, 1.807) is 11.1 Å². The Hall–Kier alpha value is -2.44. The number of hydrogen-bond acceptors (Lipinski definition) is 2. The molecule has 2 nitrogen and oxygen atoms in total. The van der Waals surface area contributed by atoms with Crippen LogP contribution in [-0.2, 0) is 0 Å². The van der Waals surface area contributed by atoms with Crippen molar-refractivity contribution in [2.75, 3.05) is 27.2 Å². The number of benzene rings is 3. The molecular weight excluding hydrogens is 467 g/mol. The summed E-state index contributed by atoms with van der Waals surface area (Å²) < 4.78 is 0. The van der Waals surface area contributed by atoms with Crippen molar-refractivity contribution in [1.82, 2.24) is 9.62 Å². The first-order valence-electron chi connectivity index (χ1n) is 13.4. The molecule has 2 saturated heterocycles. The highest BCUT2D eigenvalue weighted by atomic mass is 28.3. The zero-order chi connectivity index (χ0) is 25.2. The van der Waals surface area contributed by atoms with Crippen LogP contribution in [0.2, 0.25) is 25.2 Å². The summed E-state index contributed by atoms with van der Waals surface area (Å²) in [6.45, 7) is 7.89. The Kier molecular flexibility index (Phi) is 7.36. The maximum Gasteiger partial charge on any atom is 0.338 e. The van der Waals surface area contributed by atoms with E-state index in [0.29, 0.717) is 6.98 Å². The van der Waals surface area contributed by atoms with Crippen molar-refractivity contribution >= 4 is 38.7 Å². The summed E-state index contributed by atoms with van der Waals surface area (Å²) in [6.07, 6.45) is 1.25. The van der Waals surface area contributed by atoms with E-state index in [1.807, 2.05) is 0 Å². The van der Waals surface area contributed by atoms with Crippen LogP contribution in [0.1, 0.15) is 6.42 Å². The normalized spacial score (nSPS) is 21.4. The predicted molar refractivity (Wildman–Crippen MR) is 163 cm³/mol. The Labute approximate surface area is 220 Å². The fourth-order valence-corrected chi connectivity index (χ4v) is 13.9. The van der Waals surface area contributed by atoms with Crippen LogP contribution < -0.4 is 15.6 Å². The molecule has 5 heteroatoms. The van der Waals surface area contributed by atoms with Gasteiger partial charge >= 0.3 is 6.98 Å². The maximum absolute atomic E-state index is 2.78. The number of nitrogens with zero attached hydrogens (tertiary/aromatic N) is 2. The van der Waals surface area contributed by atoms with E-state index < -0.39 is 16.1 Å². The van der Waals surface area contributed by atoms with Crippen LogP contribution in [-0.4, -0.2) is 59.9 Å². The second-order valence-electron chi connectivity index (χ2n) is 11.5. The largest absolute Gasteiger partial charge is 0.338 e. The van der Waals surface area contributed by atoms with E-state index in [-0.39, 0.29) is 0 Å². The third-order valence-corrected chi connectivity index (χ3v) is 15.3. The molecule has 0 aliphatic carbocycles. The summed E-state index contributed by atoms with van der Waals surface area (Å²) in [5.41, 5.74) is 6.00. The Bertz CT molecular complexity index is 1120. The Morgan fingerprint density at radius 1 is 0.667 bits per heavy atom. The average molecular weight is 507 g/mol. The van der Waals surface area contributed by atoms with Gasteiger partial charge in [0.1, 0.15) is 0 Å². The first-order valence-corrected chi connectivity index (χ1v) is 18.9. The van der Waals surface area contributed by atoms with Gasteiger partial charge in [-0.15, -0.1) is 0 Å². The Balaban J connectivity index is 1.75. The highest BCUT2D eigenvalue weighted by Crippen LogP contribution is 2.40. The first-order chi connectivity index (χ1) is 17.4. The molecule has 2 aliphatic heterocycles. The molecule has 0 spiro atoms. The minimum atomic E-state index is -2.40. The molecule has 0 N–H and O–H groups in total. The van der Waals surface area contributed by atoms with E-state index in [4.69, 9.17) is 0 Å². The summed E-state index contributed by atoms with van der Waals surface area (Å²) in [5.74, 6) is 2.62. The second kappa shape index (κ2) is 10.5. The van der Waals surface area contributed by atoms with Gasteiger partial charge in [0.15, 0.2) is 8.07 Å². The molecule has 2 heterocycles. The zero-order valence-corrected chi connectivity index (χ0v) is 24.3. The molecule has 2 aliphatic rings. The molecule has 0 atom stereocenters. The number of rotatable bonds is 5. The van der Waals surface area contributed by atoms with Gasteiger partial charge in [-0.1, -0.05) is 127 Å². The monoisotopic (exact) mass is 506 g/mol. The van der Waals surface area contributed by atoms with Crippen LogP contribution in [0.25, 0.3) is 0 Å². The maximum atomic E-state index is 2.78. The van der Waals surface area contributed by atoms with Crippen molar-refractivity contribution in [1.29, 1.82) is 0 Å². The topological polar surface area (TPSA) is 6.48 Å². The molecule has 184 valence electrons. The van der Waals surface area contributed by atoms with Crippen molar-refractivity contribution in [2.24, 2.45) is 0 Å². The van der Waals surface area contributed by atoms with Gasteiger partial charge in [-0.3, -0.25) is 0 Å². The standard InChI is InChI=1S/C31H39BN2Si2/c1-33-21-14-22-34(2)32(33)23-27-24-35(3,4)25-28(27)26-36(29-15-8-5-9-16-29,30-17-10-6-11-18-30)31-19-12-7-13-20-31/h5-13,15-20,23,26H,14,21-22,24-25H2,1-4H3. The van der Waals surface area contributed by atoms with Crippen molar-refractivity contribution in [3.8, 4) is 0 Å². The minimum Gasteiger partial charge on any atom is -0.327 e. The van der Waals surface area contributed by atoms with Crippen LogP contribution in [0.3, 0.4) is 0 Å². The Morgan fingerprint density at radius 3 is 1.53 bits per heavy atom. The van der Waals surface area contributed by atoms with Gasteiger partial charge in [-0.25, -0.2) is 0 Å².